The SMILES string of the molecule is N#CNc1cc(N2CCOCC2)ncn1. The van der Waals surface area contributed by atoms with Gasteiger partial charge in [-0.15, -0.1) is 0 Å². The first-order chi connectivity index (χ1) is 7.40. The zero-order chi connectivity index (χ0) is 10.5. The van der Waals surface area contributed by atoms with Gasteiger partial charge in [0.2, 0.25) is 0 Å². The third kappa shape index (κ3) is 2.33. The fourth-order valence-corrected chi connectivity index (χ4v) is 1.44. The van der Waals surface area contributed by atoms with Crippen molar-refractivity contribution in [2.24, 2.45) is 0 Å². The molecule has 1 aromatic heterocycles. The van der Waals surface area contributed by atoms with Crippen molar-refractivity contribution >= 4 is 11.6 Å². The lowest BCUT2D eigenvalue weighted by Gasteiger charge is -2.27. The molecule has 0 spiro atoms. The maximum Gasteiger partial charge on any atom is 0.182 e. The average molecular weight is 205 g/mol. The molecule has 0 bridgehead atoms. The monoisotopic (exact) mass is 205 g/mol. The summed E-state index contributed by atoms with van der Waals surface area (Å²) in [6.45, 7) is 3.07. The molecule has 0 radical (unpaired) electrons. The predicted molar refractivity (Wildman–Crippen MR) is 54.3 cm³/mol. The fraction of sp³-hybridized carbons (Fsp3) is 0.444. The molecule has 6 nitrogen and oxygen atoms in total. The van der Waals surface area contributed by atoms with E-state index in [0.29, 0.717) is 19.0 Å². The van der Waals surface area contributed by atoms with Crippen LogP contribution in [0.1, 0.15) is 0 Å². The second-order valence-electron chi connectivity index (χ2n) is 3.10. The Kier molecular flexibility index (Phi) is 2.95. The molecule has 1 N–H and O–H groups in total. The van der Waals surface area contributed by atoms with E-state index in [2.05, 4.69) is 20.2 Å². The van der Waals surface area contributed by atoms with E-state index >= 15 is 0 Å². The van der Waals surface area contributed by atoms with Gasteiger partial charge in [0.25, 0.3) is 0 Å². The minimum atomic E-state index is 0.522. The molecule has 15 heavy (non-hydrogen) atoms. The van der Waals surface area contributed by atoms with E-state index in [1.165, 1.54) is 6.33 Å². The lowest BCUT2D eigenvalue weighted by Crippen LogP contribution is -2.36. The second kappa shape index (κ2) is 4.57. The Hall–Kier alpha value is -1.87. The molecule has 1 saturated heterocycles. The molecule has 1 aliphatic rings. The van der Waals surface area contributed by atoms with Gasteiger partial charge in [-0.1, -0.05) is 0 Å². The summed E-state index contributed by atoms with van der Waals surface area (Å²) in [5.74, 6) is 1.35. The number of morpholine rings is 1. The van der Waals surface area contributed by atoms with E-state index in [0.717, 1.165) is 18.9 Å². The molecule has 0 amide bonds. The lowest BCUT2D eigenvalue weighted by molar-refractivity contribution is 0.122. The van der Waals surface area contributed by atoms with Crippen LogP contribution in [-0.4, -0.2) is 36.3 Å². The number of anilines is 2. The summed E-state index contributed by atoms with van der Waals surface area (Å²) in [5, 5.41) is 10.9. The largest absolute Gasteiger partial charge is 0.378 e. The number of nitrogens with one attached hydrogen (secondary N) is 1. The molecule has 6 heteroatoms. The molecule has 0 aliphatic carbocycles. The van der Waals surface area contributed by atoms with Crippen LogP contribution in [0.4, 0.5) is 11.6 Å². The smallest absolute Gasteiger partial charge is 0.182 e. The minimum absolute atomic E-state index is 0.522. The molecule has 1 aromatic rings. The maximum absolute atomic E-state index is 8.47. The molecular weight excluding hydrogens is 194 g/mol. The summed E-state index contributed by atoms with van der Waals surface area (Å²) >= 11 is 0. The van der Waals surface area contributed by atoms with Gasteiger partial charge in [0.15, 0.2) is 6.19 Å². The number of hydrogen-bond acceptors (Lipinski definition) is 6. The highest BCUT2D eigenvalue weighted by molar-refractivity contribution is 5.50. The van der Waals surface area contributed by atoms with Crippen molar-refractivity contribution in [3.63, 3.8) is 0 Å². The summed E-state index contributed by atoms with van der Waals surface area (Å²) in [5.41, 5.74) is 0. The molecular formula is C9H11N5O. The van der Waals surface area contributed by atoms with Gasteiger partial charge in [0.1, 0.15) is 18.0 Å². The number of ether oxygens (including phenoxy) is 1. The van der Waals surface area contributed by atoms with Gasteiger partial charge < -0.3 is 9.64 Å². The van der Waals surface area contributed by atoms with Crippen molar-refractivity contribution in [2.75, 3.05) is 36.5 Å². The number of nitrogens with zero attached hydrogens (tertiary/aromatic N) is 4. The topological polar surface area (TPSA) is 74.1 Å². The number of hydrogen-bond donors (Lipinski definition) is 1. The summed E-state index contributed by atoms with van der Waals surface area (Å²) in [6, 6.07) is 1.76. The molecule has 2 rings (SSSR count). The van der Waals surface area contributed by atoms with Crippen LogP contribution in [0, 0.1) is 11.5 Å². The van der Waals surface area contributed by atoms with E-state index in [1.54, 1.807) is 6.07 Å². The fourth-order valence-electron chi connectivity index (χ4n) is 1.44. The van der Waals surface area contributed by atoms with Crippen LogP contribution in [0.15, 0.2) is 12.4 Å². The van der Waals surface area contributed by atoms with Gasteiger partial charge in [0, 0.05) is 19.2 Å². The van der Waals surface area contributed by atoms with Gasteiger partial charge in [-0.05, 0) is 0 Å². The van der Waals surface area contributed by atoms with E-state index in [4.69, 9.17) is 10.00 Å². The zero-order valence-electron chi connectivity index (χ0n) is 8.18. The van der Waals surface area contributed by atoms with E-state index in [9.17, 15) is 0 Å². The Morgan fingerprint density at radius 2 is 2.20 bits per heavy atom. The van der Waals surface area contributed by atoms with Crippen molar-refractivity contribution in [1.29, 1.82) is 5.26 Å². The van der Waals surface area contributed by atoms with Gasteiger partial charge in [-0.3, -0.25) is 5.32 Å². The van der Waals surface area contributed by atoms with Gasteiger partial charge in [0.05, 0.1) is 13.2 Å². The van der Waals surface area contributed by atoms with Crippen LogP contribution in [0.2, 0.25) is 0 Å². The average Bonchev–Trinajstić information content (AvgIpc) is 2.31. The summed E-state index contributed by atoms with van der Waals surface area (Å²) < 4.78 is 5.25. The third-order valence-corrected chi connectivity index (χ3v) is 2.17. The predicted octanol–water partition coefficient (Wildman–Crippen LogP) is 0.206. The lowest BCUT2D eigenvalue weighted by atomic mass is 10.4. The number of nitriles is 1. The van der Waals surface area contributed by atoms with Crippen molar-refractivity contribution < 1.29 is 4.74 Å². The Bertz CT molecular complexity index is 369. The van der Waals surface area contributed by atoms with Crippen LogP contribution < -0.4 is 10.2 Å². The second-order valence-corrected chi connectivity index (χ2v) is 3.10. The number of rotatable bonds is 2. The molecule has 0 unspecified atom stereocenters. The molecule has 0 atom stereocenters. The summed E-state index contributed by atoms with van der Waals surface area (Å²) in [7, 11) is 0. The minimum Gasteiger partial charge on any atom is -0.378 e. The Labute approximate surface area is 87.5 Å². The molecule has 1 aliphatic heterocycles. The van der Waals surface area contributed by atoms with Crippen LogP contribution in [0.3, 0.4) is 0 Å². The quantitative estimate of drug-likeness (QED) is 0.549. The van der Waals surface area contributed by atoms with Crippen LogP contribution in [0.25, 0.3) is 0 Å². The molecule has 2 heterocycles. The van der Waals surface area contributed by atoms with Gasteiger partial charge in [-0.2, -0.15) is 5.26 Å². The van der Waals surface area contributed by atoms with Crippen molar-refractivity contribution in [3.8, 4) is 6.19 Å². The normalized spacial score (nSPS) is 15.8. The third-order valence-electron chi connectivity index (χ3n) is 2.17. The van der Waals surface area contributed by atoms with Crippen LogP contribution in [-0.2, 0) is 4.74 Å². The van der Waals surface area contributed by atoms with E-state index in [1.807, 2.05) is 6.19 Å². The summed E-state index contributed by atoms with van der Waals surface area (Å²) in [4.78, 5) is 10.2. The first-order valence-corrected chi connectivity index (χ1v) is 4.70. The van der Waals surface area contributed by atoms with Gasteiger partial charge in [-0.25, -0.2) is 9.97 Å². The maximum atomic E-state index is 8.47. The zero-order valence-corrected chi connectivity index (χ0v) is 8.18. The highest BCUT2D eigenvalue weighted by atomic mass is 16.5. The molecule has 78 valence electrons. The van der Waals surface area contributed by atoms with Gasteiger partial charge >= 0.3 is 0 Å². The van der Waals surface area contributed by atoms with E-state index < -0.39 is 0 Å². The Morgan fingerprint density at radius 1 is 1.40 bits per heavy atom. The Balaban J connectivity index is 2.13. The van der Waals surface area contributed by atoms with Crippen molar-refractivity contribution in [1.82, 2.24) is 9.97 Å². The van der Waals surface area contributed by atoms with Crippen LogP contribution >= 0.6 is 0 Å². The highest BCUT2D eigenvalue weighted by Crippen LogP contribution is 2.14. The van der Waals surface area contributed by atoms with Crippen molar-refractivity contribution in [2.45, 2.75) is 0 Å². The Morgan fingerprint density at radius 3 is 2.93 bits per heavy atom. The van der Waals surface area contributed by atoms with Crippen LogP contribution in [0.5, 0.6) is 0 Å². The standard InChI is InChI=1S/C9H11N5O/c10-6-11-8-5-9(13-7-12-8)14-1-3-15-4-2-14/h5,7H,1-4H2,(H,11,12,13). The van der Waals surface area contributed by atoms with E-state index in [-0.39, 0.29) is 0 Å². The highest BCUT2D eigenvalue weighted by Gasteiger charge is 2.12. The summed E-state index contributed by atoms with van der Waals surface area (Å²) in [6.07, 6.45) is 3.28. The van der Waals surface area contributed by atoms with Crippen molar-refractivity contribution in [3.05, 3.63) is 12.4 Å². The molecule has 1 fully saturated rings. The first kappa shape index (κ1) is 9.68. The number of aromatic nitrogens is 2. The molecule has 0 saturated carbocycles. The first-order valence-electron chi connectivity index (χ1n) is 4.70. The molecule has 0 aromatic carbocycles.